The van der Waals surface area contributed by atoms with Gasteiger partial charge in [-0.25, -0.2) is 0 Å². The normalized spacial score (nSPS) is 21.7. The number of piperidine rings is 1. The Hall–Kier alpha value is -1.89. The van der Waals surface area contributed by atoms with Gasteiger partial charge in [0, 0.05) is 18.2 Å². The molecule has 0 unspecified atom stereocenters. The number of aromatic nitrogens is 1. The lowest BCUT2D eigenvalue weighted by Gasteiger charge is -2.39. The second-order valence-corrected chi connectivity index (χ2v) is 6.07. The third kappa shape index (κ3) is 3.30. The van der Waals surface area contributed by atoms with Gasteiger partial charge in [-0.3, -0.25) is 24.3 Å². The van der Waals surface area contributed by atoms with Crippen molar-refractivity contribution in [3.8, 4) is 0 Å². The molecule has 2 heterocycles. The summed E-state index contributed by atoms with van der Waals surface area (Å²) in [5.74, 6) is -0.224. The van der Waals surface area contributed by atoms with Crippen LogP contribution in [0.15, 0.2) is 17.1 Å². The summed E-state index contributed by atoms with van der Waals surface area (Å²) in [5.41, 5.74) is -0.907. The highest BCUT2D eigenvalue weighted by atomic mass is 35.5. The fourth-order valence-corrected chi connectivity index (χ4v) is 3.16. The maximum Gasteiger partial charge on any atom is 0.287 e. The van der Waals surface area contributed by atoms with Crippen molar-refractivity contribution in [1.82, 2.24) is 9.47 Å². The molecular weight excluding hydrogens is 310 g/mol. The number of likely N-dealkylation sites (tertiary alicyclic amines) is 1. The van der Waals surface area contributed by atoms with E-state index in [0.717, 1.165) is 36.1 Å². The molecule has 1 fully saturated rings. The molecule has 1 saturated heterocycles. The summed E-state index contributed by atoms with van der Waals surface area (Å²) >= 11 is 5.73. The summed E-state index contributed by atoms with van der Waals surface area (Å²) < 4.78 is 1.01. The fraction of sp³-hybridized carbons (Fsp3) is 0.571. The van der Waals surface area contributed by atoms with Crippen LogP contribution in [-0.4, -0.2) is 32.4 Å². The van der Waals surface area contributed by atoms with Crippen LogP contribution in [0.1, 0.15) is 33.1 Å². The highest BCUT2D eigenvalue weighted by molar-refractivity contribution is 6.30. The summed E-state index contributed by atoms with van der Waals surface area (Å²) in [4.78, 5) is 36.4. The summed E-state index contributed by atoms with van der Waals surface area (Å²) in [6.07, 6.45) is 3.96. The van der Waals surface area contributed by atoms with Gasteiger partial charge in [-0.1, -0.05) is 11.6 Å². The molecule has 7 nitrogen and oxygen atoms in total. The second-order valence-electron chi connectivity index (χ2n) is 5.67. The molecule has 0 aliphatic carbocycles. The minimum absolute atomic E-state index is 0.0983. The molecule has 0 aromatic carbocycles. The van der Waals surface area contributed by atoms with Gasteiger partial charge in [0.2, 0.25) is 5.91 Å². The number of amides is 1. The van der Waals surface area contributed by atoms with Gasteiger partial charge in [-0.15, -0.1) is 0 Å². The van der Waals surface area contributed by atoms with E-state index >= 15 is 0 Å². The predicted octanol–water partition coefficient (Wildman–Crippen LogP) is 2.20. The first kappa shape index (κ1) is 16.5. The SMILES string of the molecule is C[C@H]1CCC[C@H](C)N1C(=O)Cn1cc([N+](=O)[O-])cc(Cl)c1=O. The number of hydrogen-bond acceptors (Lipinski definition) is 4. The molecule has 1 amide bonds. The number of nitro groups is 1. The van der Waals surface area contributed by atoms with Crippen molar-refractivity contribution >= 4 is 23.2 Å². The van der Waals surface area contributed by atoms with Crippen LogP contribution in [0.4, 0.5) is 5.69 Å². The average molecular weight is 328 g/mol. The van der Waals surface area contributed by atoms with Crippen molar-refractivity contribution < 1.29 is 9.72 Å². The van der Waals surface area contributed by atoms with Crippen molar-refractivity contribution in [1.29, 1.82) is 0 Å². The minimum atomic E-state index is -0.640. The second kappa shape index (κ2) is 6.48. The van der Waals surface area contributed by atoms with E-state index in [-0.39, 0.29) is 35.2 Å². The predicted molar refractivity (Wildman–Crippen MR) is 82.0 cm³/mol. The first-order valence-corrected chi connectivity index (χ1v) is 7.54. The molecule has 22 heavy (non-hydrogen) atoms. The lowest BCUT2D eigenvalue weighted by molar-refractivity contribution is -0.385. The van der Waals surface area contributed by atoms with Crippen LogP contribution in [0.3, 0.4) is 0 Å². The van der Waals surface area contributed by atoms with E-state index < -0.39 is 10.5 Å². The topological polar surface area (TPSA) is 85.4 Å². The third-order valence-electron chi connectivity index (χ3n) is 4.03. The Bertz CT molecular complexity index is 648. The van der Waals surface area contributed by atoms with Crippen molar-refractivity contribution in [2.75, 3.05) is 0 Å². The molecule has 2 rings (SSSR count). The third-order valence-corrected chi connectivity index (χ3v) is 4.30. The van der Waals surface area contributed by atoms with Gasteiger partial charge >= 0.3 is 0 Å². The fourth-order valence-electron chi connectivity index (χ4n) is 2.94. The Morgan fingerprint density at radius 2 is 2.00 bits per heavy atom. The van der Waals surface area contributed by atoms with E-state index in [2.05, 4.69) is 0 Å². The van der Waals surface area contributed by atoms with Gasteiger partial charge in [0.1, 0.15) is 11.6 Å². The Morgan fingerprint density at radius 1 is 1.41 bits per heavy atom. The van der Waals surface area contributed by atoms with Crippen LogP contribution in [0.5, 0.6) is 0 Å². The van der Waals surface area contributed by atoms with Crippen LogP contribution >= 0.6 is 11.6 Å². The number of rotatable bonds is 3. The first-order valence-electron chi connectivity index (χ1n) is 7.16. The molecule has 0 bridgehead atoms. The molecule has 0 spiro atoms. The van der Waals surface area contributed by atoms with Crippen LogP contribution in [-0.2, 0) is 11.3 Å². The number of carbonyl (C=O) groups is 1. The van der Waals surface area contributed by atoms with Crippen LogP contribution < -0.4 is 5.56 Å². The minimum Gasteiger partial charge on any atom is -0.336 e. The number of carbonyl (C=O) groups excluding carboxylic acids is 1. The molecule has 0 saturated carbocycles. The van der Waals surface area contributed by atoms with Crippen molar-refractivity contribution in [2.24, 2.45) is 0 Å². The van der Waals surface area contributed by atoms with E-state index in [9.17, 15) is 19.7 Å². The van der Waals surface area contributed by atoms with Gasteiger partial charge in [0.05, 0.1) is 11.1 Å². The number of pyridine rings is 1. The first-order chi connectivity index (χ1) is 10.3. The van der Waals surface area contributed by atoms with Gasteiger partial charge in [-0.05, 0) is 33.1 Å². The van der Waals surface area contributed by atoms with Gasteiger partial charge in [-0.2, -0.15) is 0 Å². The molecule has 1 aromatic heterocycles. The lowest BCUT2D eigenvalue weighted by atomic mass is 9.97. The standard InChI is InChI=1S/C14H18ClN3O4/c1-9-4-3-5-10(2)17(9)13(19)8-16-7-11(18(21)22)6-12(15)14(16)20/h6-7,9-10H,3-5,8H2,1-2H3/t9-,10-/m0/s1. The van der Waals surface area contributed by atoms with Gasteiger partial charge in [0.25, 0.3) is 11.2 Å². The molecule has 1 aliphatic rings. The monoisotopic (exact) mass is 327 g/mol. The van der Waals surface area contributed by atoms with Gasteiger partial charge < -0.3 is 4.90 Å². The van der Waals surface area contributed by atoms with Crippen molar-refractivity contribution in [3.63, 3.8) is 0 Å². The smallest absolute Gasteiger partial charge is 0.287 e. The Balaban J connectivity index is 2.28. The molecule has 2 atom stereocenters. The summed E-state index contributed by atoms with van der Waals surface area (Å²) in [6.45, 7) is 3.70. The number of hydrogen-bond donors (Lipinski definition) is 0. The van der Waals surface area contributed by atoms with E-state index in [1.807, 2.05) is 13.8 Å². The average Bonchev–Trinajstić information content (AvgIpc) is 2.43. The molecule has 0 N–H and O–H groups in total. The quantitative estimate of drug-likeness (QED) is 0.629. The largest absolute Gasteiger partial charge is 0.336 e. The summed E-state index contributed by atoms with van der Waals surface area (Å²) in [6, 6.07) is 1.19. The van der Waals surface area contributed by atoms with Gasteiger partial charge in [0.15, 0.2) is 0 Å². The van der Waals surface area contributed by atoms with E-state index in [1.54, 1.807) is 4.90 Å². The Morgan fingerprint density at radius 3 is 2.55 bits per heavy atom. The number of nitrogens with zero attached hydrogens (tertiary/aromatic N) is 3. The maximum atomic E-state index is 12.5. The maximum absolute atomic E-state index is 12.5. The van der Waals surface area contributed by atoms with Crippen LogP contribution in [0, 0.1) is 10.1 Å². The summed E-state index contributed by atoms with van der Waals surface area (Å²) in [7, 11) is 0. The molecular formula is C14H18ClN3O4. The lowest BCUT2D eigenvalue weighted by Crippen LogP contribution is -2.49. The molecule has 0 radical (unpaired) electrons. The molecule has 1 aromatic rings. The zero-order valence-electron chi connectivity index (χ0n) is 12.5. The molecule has 120 valence electrons. The van der Waals surface area contributed by atoms with Crippen molar-refractivity contribution in [3.05, 3.63) is 37.8 Å². The van der Waals surface area contributed by atoms with E-state index in [1.165, 1.54) is 0 Å². The van der Waals surface area contributed by atoms with Crippen LogP contribution in [0.2, 0.25) is 5.02 Å². The molecule has 1 aliphatic heterocycles. The summed E-state index contributed by atoms with van der Waals surface area (Å²) in [5, 5.41) is 10.6. The van der Waals surface area contributed by atoms with E-state index in [0.29, 0.717) is 0 Å². The Kier molecular flexibility index (Phi) is 4.85. The van der Waals surface area contributed by atoms with Crippen LogP contribution in [0.25, 0.3) is 0 Å². The highest BCUT2D eigenvalue weighted by Gasteiger charge is 2.29. The number of halogens is 1. The highest BCUT2D eigenvalue weighted by Crippen LogP contribution is 2.23. The molecule has 8 heteroatoms. The van der Waals surface area contributed by atoms with E-state index in [4.69, 9.17) is 11.6 Å². The zero-order chi connectivity index (χ0) is 16.4. The van der Waals surface area contributed by atoms with Crippen molar-refractivity contribution in [2.45, 2.75) is 51.7 Å². The zero-order valence-corrected chi connectivity index (χ0v) is 13.2. The Labute approximate surface area is 132 Å².